The monoisotopic (exact) mass is 309 g/mol. The van der Waals surface area contributed by atoms with E-state index in [-0.39, 0.29) is 12.6 Å². The van der Waals surface area contributed by atoms with Crippen LogP contribution in [-0.4, -0.2) is 22.2 Å². The Bertz CT molecular complexity index is 812. The quantitative estimate of drug-likeness (QED) is 0.693. The molecule has 3 N–H and O–H groups in total. The molecule has 1 heterocycles. The van der Waals surface area contributed by atoms with Crippen molar-refractivity contribution in [3.63, 3.8) is 0 Å². The predicted molar refractivity (Wildman–Crippen MR) is 91.3 cm³/mol. The Morgan fingerprint density at radius 3 is 2.74 bits per heavy atom. The Morgan fingerprint density at radius 1 is 1.17 bits per heavy atom. The lowest BCUT2D eigenvalue weighted by atomic mass is 10.1. The molecule has 1 atom stereocenters. The number of aromatic nitrogens is 1. The van der Waals surface area contributed by atoms with E-state index in [4.69, 9.17) is 0 Å². The molecule has 5 nitrogen and oxygen atoms in total. The van der Waals surface area contributed by atoms with Crippen molar-refractivity contribution in [1.82, 2.24) is 9.88 Å². The van der Waals surface area contributed by atoms with Crippen LogP contribution in [0.5, 0.6) is 0 Å². The van der Waals surface area contributed by atoms with E-state index in [0.717, 1.165) is 16.5 Å². The van der Waals surface area contributed by atoms with Crippen LogP contribution in [0, 0.1) is 0 Å². The molecule has 0 spiro atoms. The van der Waals surface area contributed by atoms with Crippen molar-refractivity contribution >= 4 is 22.6 Å². The molecule has 0 aliphatic heterocycles. The summed E-state index contributed by atoms with van der Waals surface area (Å²) in [5.41, 5.74) is 2.60. The van der Waals surface area contributed by atoms with Crippen molar-refractivity contribution in [2.24, 2.45) is 7.05 Å². The van der Waals surface area contributed by atoms with Gasteiger partial charge in [0.25, 0.3) is 0 Å². The number of nitrogens with zero attached hydrogens (tertiary/aromatic N) is 1. The van der Waals surface area contributed by atoms with Crippen LogP contribution in [0.25, 0.3) is 10.9 Å². The summed E-state index contributed by atoms with van der Waals surface area (Å²) in [5, 5.41) is 16.7. The maximum atomic E-state index is 11.8. The highest BCUT2D eigenvalue weighted by Gasteiger charge is 2.11. The molecule has 0 saturated heterocycles. The number of urea groups is 1. The molecule has 2 amide bonds. The van der Waals surface area contributed by atoms with E-state index in [0.29, 0.717) is 5.69 Å². The number of para-hydroxylation sites is 1. The van der Waals surface area contributed by atoms with Crippen LogP contribution in [0.1, 0.15) is 11.7 Å². The predicted octanol–water partition coefficient (Wildman–Crippen LogP) is 3.03. The Labute approximate surface area is 134 Å². The SMILES string of the molecule is Cn1ccc2cc(C(O)CNC(=O)Nc3ccccc3)ccc21. The Hall–Kier alpha value is -2.79. The van der Waals surface area contributed by atoms with Crippen molar-refractivity contribution in [2.75, 3.05) is 11.9 Å². The highest BCUT2D eigenvalue weighted by atomic mass is 16.3. The number of hydrogen-bond acceptors (Lipinski definition) is 2. The number of carbonyl (C=O) groups is 1. The first-order valence-electron chi connectivity index (χ1n) is 7.46. The zero-order valence-corrected chi connectivity index (χ0v) is 12.9. The van der Waals surface area contributed by atoms with Gasteiger partial charge in [0.15, 0.2) is 0 Å². The second-order valence-corrected chi connectivity index (χ2v) is 5.46. The van der Waals surface area contributed by atoms with E-state index < -0.39 is 6.10 Å². The van der Waals surface area contributed by atoms with Crippen LogP contribution in [0.3, 0.4) is 0 Å². The van der Waals surface area contributed by atoms with Gasteiger partial charge in [-0.1, -0.05) is 24.3 Å². The van der Waals surface area contributed by atoms with Gasteiger partial charge in [0.2, 0.25) is 0 Å². The highest BCUT2D eigenvalue weighted by molar-refractivity contribution is 5.89. The van der Waals surface area contributed by atoms with Crippen LogP contribution < -0.4 is 10.6 Å². The first-order valence-corrected chi connectivity index (χ1v) is 7.46. The lowest BCUT2D eigenvalue weighted by Crippen LogP contribution is -2.32. The van der Waals surface area contributed by atoms with Gasteiger partial charge in [-0.2, -0.15) is 0 Å². The summed E-state index contributed by atoms with van der Waals surface area (Å²) >= 11 is 0. The highest BCUT2D eigenvalue weighted by Crippen LogP contribution is 2.20. The minimum Gasteiger partial charge on any atom is -0.387 e. The number of fused-ring (bicyclic) bond motifs is 1. The number of anilines is 1. The first-order chi connectivity index (χ1) is 11.1. The number of hydrogen-bond donors (Lipinski definition) is 3. The summed E-state index contributed by atoms with van der Waals surface area (Å²) in [5.74, 6) is 0. The second kappa shape index (κ2) is 6.54. The van der Waals surface area contributed by atoms with Gasteiger partial charge < -0.3 is 20.3 Å². The summed E-state index contributed by atoms with van der Waals surface area (Å²) in [6, 6.07) is 16.6. The zero-order valence-electron chi connectivity index (χ0n) is 12.9. The Morgan fingerprint density at radius 2 is 1.96 bits per heavy atom. The van der Waals surface area contributed by atoms with Gasteiger partial charge in [0.05, 0.1) is 6.10 Å². The summed E-state index contributed by atoms with van der Waals surface area (Å²) < 4.78 is 2.02. The number of aliphatic hydroxyl groups excluding tert-OH is 1. The van der Waals surface area contributed by atoms with Crippen LogP contribution in [0.2, 0.25) is 0 Å². The second-order valence-electron chi connectivity index (χ2n) is 5.46. The fraction of sp³-hybridized carbons (Fsp3) is 0.167. The number of aryl methyl sites for hydroxylation is 1. The molecule has 1 aromatic heterocycles. The third-order valence-corrected chi connectivity index (χ3v) is 3.78. The maximum absolute atomic E-state index is 11.8. The fourth-order valence-corrected chi connectivity index (χ4v) is 2.51. The average molecular weight is 309 g/mol. The lowest BCUT2D eigenvalue weighted by molar-refractivity contribution is 0.175. The molecule has 0 radical (unpaired) electrons. The summed E-state index contributed by atoms with van der Waals surface area (Å²) in [4.78, 5) is 11.8. The topological polar surface area (TPSA) is 66.3 Å². The zero-order chi connectivity index (χ0) is 16.2. The molecule has 0 saturated carbocycles. The van der Waals surface area contributed by atoms with Crippen LogP contribution >= 0.6 is 0 Å². The molecule has 0 aliphatic carbocycles. The standard InChI is InChI=1S/C18H19N3O2/c1-21-10-9-13-11-14(7-8-16(13)21)17(22)12-19-18(23)20-15-5-3-2-4-6-15/h2-11,17,22H,12H2,1H3,(H2,19,20,23). The van der Waals surface area contributed by atoms with Crippen molar-refractivity contribution < 1.29 is 9.90 Å². The molecular formula is C18H19N3O2. The number of aliphatic hydroxyl groups is 1. The van der Waals surface area contributed by atoms with Crippen molar-refractivity contribution in [3.05, 3.63) is 66.4 Å². The molecule has 0 aliphatic rings. The van der Waals surface area contributed by atoms with Crippen LogP contribution in [-0.2, 0) is 7.05 Å². The number of nitrogens with one attached hydrogen (secondary N) is 2. The largest absolute Gasteiger partial charge is 0.387 e. The fourth-order valence-electron chi connectivity index (χ4n) is 2.51. The summed E-state index contributed by atoms with van der Waals surface area (Å²) in [7, 11) is 1.98. The van der Waals surface area contributed by atoms with Gasteiger partial charge in [-0.3, -0.25) is 0 Å². The van der Waals surface area contributed by atoms with Gasteiger partial charge in [-0.05, 0) is 41.3 Å². The van der Waals surface area contributed by atoms with Crippen molar-refractivity contribution in [3.8, 4) is 0 Å². The van der Waals surface area contributed by atoms with Gasteiger partial charge in [-0.25, -0.2) is 4.79 Å². The molecule has 5 heteroatoms. The molecule has 3 aromatic rings. The van der Waals surface area contributed by atoms with Crippen LogP contribution in [0.4, 0.5) is 10.5 Å². The van der Waals surface area contributed by atoms with Crippen molar-refractivity contribution in [2.45, 2.75) is 6.10 Å². The molecule has 1 unspecified atom stereocenters. The molecule has 2 aromatic carbocycles. The number of carbonyl (C=O) groups excluding carboxylic acids is 1. The minimum atomic E-state index is -0.749. The van der Waals surface area contributed by atoms with Gasteiger partial charge in [0, 0.05) is 31.0 Å². The van der Waals surface area contributed by atoms with Gasteiger partial charge in [0.1, 0.15) is 0 Å². The summed E-state index contributed by atoms with van der Waals surface area (Å²) in [6.07, 6.45) is 1.23. The first kappa shape index (κ1) is 15.1. The van der Waals surface area contributed by atoms with E-state index in [9.17, 15) is 9.90 Å². The maximum Gasteiger partial charge on any atom is 0.319 e. The Balaban J connectivity index is 1.59. The van der Waals surface area contributed by atoms with Crippen molar-refractivity contribution in [1.29, 1.82) is 0 Å². The van der Waals surface area contributed by atoms with E-state index in [1.54, 1.807) is 12.1 Å². The number of rotatable bonds is 4. The van der Waals surface area contributed by atoms with E-state index in [1.165, 1.54) is 0 Å². The molecule has 0 fully saturated rings. The van der Waals surface area contributed by atoms with E-state index in [2.05, 4.69) is 10.6 Å². The van der Waals surface area contributed by atoms with E-state index >= 15 is 0 Å². The van der Waals surface area contributed by atoms with Gasteiger partial charge in [-0.15, -0.1) is 0 Å². The summed E-state index contributed by atoms with van der Waals surface area (Å²) in [6.45, 7) is 0.150. The number of amides is 2. The molecule has 23 heavy (non-hydrogen) atoms. The molecule has 118 valence electrons. The molecule has 0 bridgehead atoms. The number of benzene rings is 2. The lowest BCUT2D eigenvalue weighted by Gasteiger charge is -2.13. The normalized spacial score (nSPS) is 12.1. The molecule has 3 rings (SSSR count). The third-order valence-electron chi connectivity index (χ3n) is 3.78. The van der Waals surface area contributed by atoms with Crippen LogP contribution in [0.15, 0.2) is 60.8 Å². The minimum absolute atomic E-state index is 0.150. The smallest absolute Gasteiger partial charge is 0.319 e. The average Bonchev–Trinajstić information content (AvgIpc) is 2.94. The van der Waals surface area contributed by atoms with E-state index in [1.807, 2.05) is 60.3 Å². The molecular weight excluding hydrogens is 290 g/mol. The van der Waals surface area contributed by atoms with Gasteiger partial charge >= 0.3 is 6.03 Å². The third kappa shape index (κ3) is 3.52. The Kier molecular flexibility index (Phi) is 4.30.